The van der Waals surface area contributed by atoms with Gasteiger partial charge in [-0.3, -0.25) is 9.69 Å². The summed E-state index contributed by atoms with van der Waals surface area (Å²) in [6.45, 7) is 5.72. The molecule has 3 aliphatic rings. The van der Waals surface area contributed by atoms with Gasteiger partial charge in [0.15, 0.2) is 11.5 Å². The summed E-state index contributed by atoms with van der Waals surface area (Å²) in [5.74, 6) is 2.06. The Hall–Kier alpha value is -1.21. The van der Waals surface area contributed by atoms with Crippen LogP contribution in [0.25, 0.3) is 0 Å². The summed E-state index contributed by atoms with van der Waals surface area (Å²) in [5.41, 5.74) is 1.14. The Bertz CT molecular complexity index is 683. The normalized spacial score (nSPS) is 24.5. The van der Waals surface area contributed by atoms with Crippen LogP contribution in [0, 0.1) is 5.92 Å². The average Bonchev–Trinajstić information content (AvgIpc) is 3.21. The lowest BCUT2D eigenvalue weighted by Crippen LogP contribution is -2.45. The number of ether oxygens (including phenoxy) is 2. The molecule has 1 amide bonds. The molecule has 1 aromatic carbocycles. The summed E-state index contributed by atoms with van der Waals surface area (Å²) >= 11 is 6.36. The first-order chi connectivity index (χ1) is 13.2. The van der Waals surface area contributed by atoms with Crippen LogP contribution in [0.5, 0.6) is 11.5 Å². The first-order valence-electron chi connectivity index (χ1n) is 10.0. The van der Waals surface area contributed by atoms with Gasteiger partial charge in [0, 0.05) is 19.6 Å². The molecule has 2 unspecified atom stereocenters. The summed E-state index contributed by atoms with van der Waals surface area (Å²) in [4.78, 5) is 14.6. The van der Waals surface area contributed by atoms with E-state index < -0.39 is 0 Å². The molecule has 156 valence electrons. The number of amides is 1. The van der Waals surface area contributed by atoms with Crippen LogP contribution in [0.3, 0.4) is 0 Å². The minimum atomic E-state index is 0. The molecular weight excluding hydrogens is 401 g/mol. The molecule has 0 radical (unpaired) electrons. The second-order valence-corrected chi connectivity index (χ2v) is 8.15. The Balaban J connectivity index is 0.00000225. The summed E-state index contributed by atoms with van der Waals surface area (Å²) < 4.78 is 11.3. The molecule has 2 fully saturated rings. The van der Waals surface area contributed by atoms with Gasteiger partial charge in [-0.1, -0.05) is 11.6 Å². The van der Waals surface area contributed by atoms with Crippen molar-refractivity contribution in [3.63, 3.8) is 0 Å². The highest BCUT2D eigenvalue weighted by atomic mass is 35.5. The van der Waals surface area contributed by atoms with Crippen molar-refractivity contribution in [3.8, 4) is 11.5 Å². The number of fused-ring (bicyclic) bond motifs is 1. The molecule has 0 spiro atoms. The minimum absolute atomic E-state index is 0. The monoisotopic (exact) mass is 429 g/mol. The fourth-order valence-electron chi connectivity index (χ4n) is 4.25. The number of likely N-dealkylation sites (tertiary alicyclic amines) is 1. The van der Waals surface area contributed by atoms with Crippen molar-refractivity contribution >= 4 is 29.9 Å². The van der Waals surface area contributed by atoms with Crippen LogP contribution < -0.4 is 20.1 Å². The van der Waals surface area contributed by atoms with Crippen LogP contribution in [0.2, 0.25) is 5.02 Å². The number of halogens is 2. The second kappa shape index (κ2) is 10.0. The highest BCUT2D eigenvalue weighted by Gasteiger charge is 2.25. The van der Waals surface area contributed by atoms with E-state index >= 15 is 0 Å². The van der Waals surface area contributed by atoms with E-state index in [1.807, 2.05) is 12.1 Å². The summed E-state index contributed by atoms with van der Waals surface area (Å²) in [6.07, 6.45) is 4.36. The van der Waals surface area contributed by atoms with Crippen molar-refractivity contribution in [2.24, 2.45) is 5.92 Å². The molecule has 2 N–H and O–H groups in total. The van der Waals surface area contributed by atoms with Gasteiger partial charge in [-0.15, -0.1) is 12.4 Å². The Morgan fingerprint density at radius 1 is 1.25 bits per heavy atom. The Morgan fingerprint density at radius 3 is 2.93 bits per heavy atom. The van der Waals surface area contributed by atoms with Gasteiger partial charge >= 0.3 is 0 Å². The third-order valence-corrected chi connectivity index (χ3v) is 5.89. The zero-order valence-corrected chi connectivity index (χ0v) is 17.6. The van der Waals surface area contributed by atoms with E-state index in [-0.39, 0.29) is 24.4 Å². The van der Waals surface area contributed by atoms with Crippen LogP contribution in [0.4, 0.5) is 0 Å². The maximum Gasteiger partial charge on any atom is 0.237 e. The topological polar surface area (TPSA) is 62.8 Å². The van der Waals surface area contributed by atoms with E-state index in [1.165, 1.54) is 0 Å². The van der Waals surface area contributed by atoms with Gasteiger partial charge in [-0.2, -0.15) is 0 Å². The van der Waals surface area contributed by atoms with Crippen molar-refractivity contribution in [2.45, 2.75) is 38.3 Å². The first-order valence-corrected chi connectivity index (χ1v) is 10.4. The van der Waals surface area contributed by atoms with E-state index in [0.29, 0.717) is 29.9 Å². The standard InChI is InChI=1S/C20H28ClN3O3.ClH/c21-16-9-15(10-18-19(16)27-8-7-26-18)13-24-6-2-3-14(12-24)11-23-20(25)17-4-1-5-22-17;/h9-10,14,17,22H,1-8,11-13H2,(H,23,25);1H. The van der Waals surface area contributed by atoms with E-state index in [0.717, 1.165) is 69.7 Å². The van der Waals surface area contributed by atoms with E-state index in [4.69, 9.17) is 21.1 Å². The van der Waals surface area contributed by atoms with Crippen LogP contribution in [-0.2, 0) is 11.3 Å². The number of carbonyl (C=O) groups excluding carboxylic acids is 1. The minimum Gasteiger partial charge on any atom is -0.486 e. The summed E-state index contributed by atoms with van der Waals surface area (Å²) in [5, 5.41) is 7.02. The highest BCUT2D eigenvalue weighted by Crippen LogP contribution is 2.38. The molecule has 2 atom stereocenters. The van der Waals surface area contributed by atoms with Crippen LogP contribution in [-0.4, -0.2) is 56.2 Å². The van der Waals surface area contributed by atoms with Crippen LogP contribution >= 0.6 is 24.0 Å². The lowest BCUT2D eigenvalue weighted by molar-refractivity contribution is -0.123. The van der Waals surface area contributed by atoms with Crippen molar-refractivity contribution in [1.29, 1.82) is 0 Å². The Morgan fingerprint density at radius 2 is 2.11 bits per heavy atom. The maximum atomic E-state index is 12.2. The molecule has 2 saturated heterocycles. The lowest BCUT2D eigenvalue weighted by Gasteiger charge is -2.33. The smallest absolute Gasteiger partial charge is 0.237 e. The Labute approximate surface area is 177 Å². The highest BCUT2D eigenvalue weighted by molar-refractivity contribution is 6.32. The molecule has 0 aromatic heterocycles. The van der Waals surface area contributed by atoms with Gasteiger partial charge < -0.3 is 20.1 Å². The summed E-state index contributed by atoms with van der Waals surface area (Å²) in [7, 11) is 0. The number of benzene rings is 1. The molecule has 0 aliphatic carbocycles. The first kappa shape index (κ1) is 21.5. The predicted molar refractivity (Wildman–Crippen MR) is 112 cm³/mol. The number of hydrogen-bond acceptors (Lipinski definition) is 5. The van der Waals surface area contributed by atoms with Crippen LogP contribution in [0.1, 0.15) is 31.2 Å². The number of hydrogen-bond donors (Lipinski definition) is 2. The molecule has 28 heavy (non-hydrogen) atoms. The van der Waals surface area contributed by atoms with E-state index in [2.05, 4.69) is 15.5 Å². The quantitative estimate of drug-likeness (QED) is 0.752. The zero-order chi connectivity index (χ0) is 18.6. The molecule has 6 nitrogen and oxygen atoms in total. The third-order valence-electron chi connectivity index (χ3n) is 5.61. The fraction of sp³-hybridized carbons (Fsp3) is 0.650. The lowest BCUT2D eigenvalue weighted by atomic mass is 9.97. The van der Waals surface area contributed by atoms with Crippen molar-refractivity contribution in [3.05, 3.63) is 22.7 Å². The summed E-state index contributed by atoms with van der Waals surface area (Å²) in [6, 6.07) is 4.02. The van der Waals surface area contributed by atoms with Gasteiger partial charge in [0.2, 0.25) is 5.91 Å². The van der Waals surface area contributed by atoms with Crippen molar-refractivity contribution in [1.82, 2.24) is 15.5 Å². The molecule has 0 saturated carbocycles. The maximum absolute atomic E-state index is 12.2. The van der Waals surface area contributed by atoms with Gasteiger partial charge in [-0.25, -0.2) is 0 Å². The number of rotatable bonds is 5. The molecule has 0 bridgehead atoms. The second-order valence-electron chi connectivity index (χ2n) is 7.74. The van der Waals surface area contributed by atoms with Crippen LogP contribution in [0.15, 0.2) is 12.1 Å². The van der Waals surface area contributed by atoms with Crippen molar-refractivity contribution < 1.29 is 14.3 Å². The fourth-order valence-corrected chi connectivity index (χ4v) is 4.54. The van der Waals surface area contributed by atoms with Gasteiger partial charge in [-0.05, 0) is 62.4 Å². The van der Waals surface area contributed by atoms with E-state index in [1.54, 1.807) is 0 Å². The predicted octanol–water partition coefficient (Wildman–Crippen LogP) is 2.61. The number of nitrogens with zero attached hydrogens (tertiary/aromatic N) is 1. The number of nitrogens with one attached hydrogen (secondary N) is 2. The largest absolute Gasteiger partial charge is 0.486 e. The molecule has 3 aliphatic heterocycles. The molecular formula is C20H29Cl2N3O3. The molecule has 4 rings (SSSR count). The Kier molecular flexibility index (Phi) is 7.69. The molecule has 8 heteroatoms. The van der Waals surface area contributed by atoms with Gasteiger partial charge in [0.05, 0.1) is 11.1 Å². The zero-order valence-electron chi connectivity index (χ0n) is 16.0. The number of carbonyl (C=O) groups is 1. The number of piperidine rings is 1. The molecule has 3 heterocycles. The van der Waals surface area contributed by atoms with Gasteiger partial charge in [0.1, 0.15) is 13.2 Å². The SMILES string of the molecule is Cl.O=C(NCC1CCCN(Cc2cc(Cl)c3c(c2)OCCO3)C1)C1CCCN1. The van der Waals surface area contributed by atoms with Gasteiger partial charge in [0.25, 0.3) is 0 Å². The van der Waals surface area contributed by atoms with Crippen molar-refractivity contribution in [2.75, 3.05) is 39.4 Å². The average molecular weight is 430 g/mol. The molecule has 1 aromatic rings. The van der Waals surface area contributed by atoms with E-state index in [9.17, 15) is 4.79 Å². The third kappa shape index (κ3) is 5.23.